The van der Waals surface area contributed by atoms with Crippen molar-refractivity contribution in [1.82, 2.24) is 25.3 Å². The highest BCUT2D eigenvalue weighted by molar-refractivity contribution is 5.99. The fourth-order valence-corrected chi connectivity index (χ4v) is 6.51. The number of aromatic nitrogens is 4. The number of amides is 1. The Morgan fingerprint density at radius 3 is 1.50 bits per heavy atom. The molecule has 11 nitrogen and oxygen atoms in total. The molecule has 0 unspecified atom stereocenters. The van der Waals surface area contributed by atoms with Crippen LogP contribution in [0.2, 0.25) is 0 Å². The van der Waals surface area contributed by atoms with Crippen LogP contribution in [0.25, 0.3) is 0 Å². The maximum absolute atomic E-state index is 12.2. The molecule has 0 atom stereocenters. The van der Waals surface area contributed by atoms with Crippen LogP contribution in [-0.2, 0) is 28.5 Å². The van der Waals surface area contributed by atoms with Crippen LogP contribution < -0.4 is 20.5 Å². The molecule has 0 saturated heterocycles. The molecule has 4 aromatic rings. The monoisotopic (exact) mass is 718 g/mol. The Hall–Kier alpha value is -5.24. The van der Waals surface area contributed by atoms with Crippen LogP contribution in [0.3, 0.4) is 0 Å². The van der Waals surface area contributed by atoms with Crippen LogP contribution in [0.15, 0.2) is 73.3 Å². The van der Waals surface area contributed by atoms with Crippen molar-refractivity contribution in [2.75, 3.05) is 27.3 Å². The zero-order valence-electron chi connectivity index (χ0n) is 29.0. The Labute approximate surface area is 299 Å². The summed E-state index contributed by atoms with van der Waals surface area (Å²) in [6.45, 7) is -0.786. The van der Waals surface area contributed by atoms with Gasteiger partial charge in [-0.15, -0.1) is 0 Å². The van der Waals surface area contributed by atoms with Crippen molar-refractivity contribution in [3.63, 3.8) is 0 Å². The van der Waals surface area contributed by atoms with Crippen LogP contribution in [0.1, 0.15) is 82.0 Å². The lowest BCUT2D eigenvalue weighted by molar-refractivity contribution is -0.173. The Bertz CT molecular complexity index is 1860. The fourth-order valence-electron chi connectivity index (χ4n) is 6.51. The maximum Gasteiger partial charge on any atom is 0.471 e. The molecule has 2 heterocycles. The molecule has 14 heteroatoms. The second kappa shape index (κ2) is 16.4. The maximum atomic E-state index is 12.2. The Balaban J connectivity index is 0.000000206. The predicted octanol–water partition coefficient (Wildman–Crippen LogP) is 5.30. The molecule has 274 valence electrons. The highest BCUT2D eigenvalue weighted by atomic mass is 19.4. The number of halogens is 3. The molecule has 6 rings (SSSR count). The summed E-state index contributed by atoms with van der Waals surface area (Å²) in [7, 11) is 3.30. The van der Waals surface area contributed by atoms with E-state index in [1.54, 1.807) is 31.9 Å². The predicted molar refractivity (Wildman–Crippen MR) is 185 cm³/mol. The van der Waals surface area contributed by atoms with Gasteiger partial charge in [-0.2, -0.15) is 13.2 Å². The largest absolute Gasteiger partial charge is 0.497 e. The van der Waals surface area contributed by atoms with E-state index in [0.717, 1.165) is 61.4 Å². The number of ketones is 2. The molecule has 2 saturated carbocycles. The molecule has 0 spiro atoms. The number of carbonyl (C=O) groups excluding carboxylic acids is 3. The van der Waals surface area contributed by atoms with E-state index in [2.05, 4.69) is 32.1 Å². The van der Waals surface area contributed by atoms with Crippen molar-refractivity contribution < 1.29 is 37.0 Å². The topological polar surface area (TPSA) is 159 Å². The van der Waals surface area contributed by atoms with E-state index in [0.29, 0.717) is 17.8 Å². The van der Waals surface area contributed by atoms with Gasteiger partial charge in [-0.05, 0) is 61.1 Å². The van der Waals surface area contributed by atoms with Gasteiger partial charge >= 0.3 is 12.1 Å². The first kappa shape index (κ1) is 38.0. The van der Waals surface area contributed by atoms with E-state index in [4.69, 9.17) is 15.2 Å². The van der Waals surface area contributed by atoms with Gasteiger partial charge in [0, 0.05) is 48.5 Å². The van der Waals surface area contributed by atoms with Crippen LogP contribution in [0.4, 0.5) is 13.2 Å². The average molecular weight is 719 g/mol. The molecule has 2 aliphatic rings. The summed E-state index contributed by atoms with van der Waals surface area (Å²) in [6.07, 6.45) is 8.54. The molecule has 1 amide bonds. The van der Waals surface area contributed by atoms with Gasteiger partial charge in [0.25, 0.3) is 0 Å². The molecular weight excluding hydrogens is 677 g/mol. The normalized spacial score (nSPS) is 15.5. The van der Waals surface area contributed by atoms with Gasteiger partial charge in [0.1, 0.15) is 23.1 Å². The molecule has 3 N–H and O–H groups in total. The summed E-state index contributed by atoms with van der Waals surface area (Å²) in [6, 6.07) is 16.1. The number of rotatable bonds is 13. The number of benzene rings is 2. The third kappa shape index (κ3) is 8.97. The van der Waals surface area contributed by atoms with E-state index in [1.807, 2.05) is 36.4 Å². The second-order valence-corrected chi connectivity index (χ2v) is 13.1. The Morgan fingerprint density at radius 2 is 1.15 bits per heavy atom. The molecule has 0 aliphatic heterocycles. The lowest BCUT2D eigenvalue weighted by Crippen LogP contribution is -2.39. The van der Waals surface area contributed by atoms with E-state index in [1.165, 1.54) is 24.4 Å². The summed E-state index contributed by atoms with van der Waals surface area (Å²) in [4.78, 5) is 51.5. The van der Waals surface area contributed by atoms with E-state index < -0.39 is 24.4 Å². The highest BCUT2D eigenvalue weighted by Gasteiger charge is 2.41. The highest BCUT2D eigenvalue weighted by Crippen LogP contribution is 2.47. The molecule has 2 aliphatic carbocycles. The van der Waals surface area contributed by atoms with Gasteiger partial charge in [-0.25, -0.2) is 19.9 Å². The lowest BCUT2D eigenvalue weighted by atomic mass is 9.62. The van der Waals surface area contributed by atoms with Crippen LogP contribution in [-0.4, -0.2) is 70.9 Å². The first-order chi connectivity index (χ1) is 24.9. The average Bonchev–Trinajstić information content (AvgIpc) is 3.13. The van der Waals surface area contributed by atoms with Gasteiger partial charge in [0.2, 0.25) is 0 Å². The van der Waals surface area contributed by atoms with Crippen molar-refractivity contribution in [2.45, 2.75) is 68.4 Å². The number of carbonyl (C=O) groups is 3. The molecule has 2 aromatic carbocycles. The number of nitrogens with one attached hydrogen (secondary N) is 1. The van der Waals surface area contributed by atoms with E-state index in [-0.39, 0.29) is 28.7 Å². The van der Waals surface area contributed by atoms with E-state index >= 15 is 0 Å². The number of nitrogens with zero attached hydrogens (tertiary/aromatic N) is 4. The summed E-state index contributed by atoms with van der Waals surface area (Å²) < 4.78 is 47.2. The number of hydrogen-bond donors (Lipinski definition) is 2. The van der Waals surface area contributed by atoms with Crippen molar-refractivity contribution in [1.29, 1.82) is 0 Å². The third-order valence-corrected chi connectivity index (χ3v) is 9.89. The number of nitrogens with two attached hydrogens (primary N) is 1. The third-order valence-electron chi connectivity index (χ3n) is 9.89. The quantitative estimate of drug-likeness (QED) is 0.174. The van der Waals surface area contributed by atoms with Crippen molar-refractivity contribution >= 4 is 17.5 Å². The Kier molecular flexibility index (Phi) is 12.0. The first-order valence-corrected chi connectivity index (χ1v) is 16.9. The van der Waals surface area contributed by atoms with Gasteiger partial charge in [0.15, 0.2) is 11.6 Å². The number of methoxy groups -OCH3 is 2. The number of ether oxygens (including phenoxy) is 2. The standard InChI is InChI=1S/C20H20F3N3O3.C18H21N3O2/c1-29-15-5-2-4-14(8-15)19(6-3-7-19)9-17-24-10-13(11-25-17)16(27)12-26-18(28)20(21,22)23;1-23-15-5-2-4-14(8-15)18(6-3-7-18)9-17-20-11-13(12-21-17)16(22)10-19/h2,4-5,8,10-11H,3,6-7,9,12H2,1H3,(H,26,28);2,4-5,8,11-12H,3,6-7,9-10,19H2,1H3. The van der Waals surface area contributed by atoms with Crippen LogP contribution >= 0.6 is 0 Å². The Morgan fingerprint density at radius 1 is 0.731 bits per heavy atom. The summed E-state index contributed by atoms with van der Waals surface area (Å²) in [5, 5.41) is 1.54. The van der Waals surface area contributed by atoms with Crippen molar-refractivity contribution in [2.24, 2.45) is 5.73 Å². The number of Topliss-reactive ketones (excluding diaryl/α,β-unsaturated/α-hetero) is 2. The van der Waals surface area contributed by atoms with Gasteiger partial charge < -0.3 is 20.5 Å². The molecule has 52 heavy (non-hydrogen) atoms. The molecule has 0 radical (unpaired) electrons. The first-order valence-electron chi connectivity index (χ1n) is 16.9. The minimum Gasteiger partial charge on any atom is -0.497 e. The van der Waals surface area contributed by atoms with Crippen molar-refractivity contribution in [3.8, 4) is 11.5 Å². The zero-order chi connectivity index (χ0) is 37.4. The minimum atomic E-state index is -5.03. The van der Waals surface area contributed by atoms with Crippen LogP contribution in [0.5, 0.6) is 11.5 Å². The summed E-state index contributed by atoms with van der Waals surface area (Å²) >= 11 is 0. The number of hydrogen-bond acceptors (Lipinski definition) is 10. The number of alkyl halides is 3. The van der Waals surface area contributed by atoms with Crippen LogP contribution in [0, 0.1) is 0 Å². The smallest absolute Gasteiger partial charge is 0.471 e. The fraction of sp³-hybridized carbons (Fsp3) is 0.395. The summed E-state index contributed by atoms with van der Waals surface area (Å²) in [5.74, 6) is -0.0313. The van der Waals surface area contributed by atoms with Gasteiger partial charge in [-0.1, -0.05) is 37.1 Å². The SMILES string of the molecule is COc1cccc(C2(Cc3ncc(C(=O)CN)cn3)CCC2)c1.COc1cccc(C2(Cc3ncc(C(=O)CNC(=O)C(F)(F)F)cn3)CCC2)c1. The van der Waals surface area contributed by atoms with Gasteiger partial charge in [0.05, 0.1) is 38.4 Å². The molecule has 2 fully saturated rings. The summed E-state index contributed by atoms with van der Waals surface area (Å²) in [5.41, 5.74) is 8.27. The lowest BCUT2D eigenvalue weighted by Gasteiger charge is -2.42. The molecule has 2 aromatic heterocycles. The zero-order valence-corrected chi connectivity index (χ0v) is 29.0. The second-order valence-electron chi connectivity index (χ2n) is 13.1. The molecular formula is C38H41F3N6O5. The molecule has 0 bridgehead atoms. The van der Waals surface area contributed by atoms with Gasteiger partial charge in [-0.3, -0.25) is 14.4 Å². The van der Waals surface area contributed by atoms with E-state index in [9.17, 15) is 27.6 Å². The minimum absolute atomic E-state index is 0.0174. The van der Waals surface area contributed by atoms with Crippen molar-refractivity contribution in [3.05, 3.63) is 107 Å².